The molecule has 3 rings (SSSR count). The second-order valence-corrected chi connectivity index (χ2v) is 7.25. The molecular weight excluding hydrogens is 453 g/mol. The van der Waals surface area contributed by atoms with E-state index >= 15 is 0 Å². The molecule has 154 valence electrons. The van der Waals surface area contributed by atoms with E-state index in [1.807, 2.05) is 6.07 Å². The minimum atomic E-state index is -4.43. The molecule has 0 aliphatic carbocycles. The Balaban J connectivity index is 2.04. The van der Waals surface area contributed by atoms with Crippen molar-refractivity contribution in [3.63, 3.8) is 0 Å². The van der Waals surface area contributed by atoms with Gasteiger partial charge in [0, 0.05) is 12.1 Å². The molecule has 0 spiro atoms. The number of hydrogen-bond donors (Lipinski definition) is 2. The summed E-state index contributed by atoms with van der Waals surface area (Å²) in [4.78, 5) is 19.9. The molecule has 29 heavy (non-hydrogen) atoms. The first-order valence-corrected chi connectivity index (χ1v) is 9.62. The Morgan fingerprint density at radius 3 is 2.55 bits per heavy atom. The zero-order valence-electron chi connectivity index (χ0n) is 15.4. The minimum Gasteiger partial charge on any atom is -0.480 e. The van der Waals surface area contributed by atoms with Crippen molar-refractivity contribution >= 4 is 38.8 Å². The van der Waals surface area contributed by atoms with Gasteiger partial charge < -0.3 is 15.0 Å². The fraction of sp³-hybridized carbons (Fsp3) is 0.316. The van der Waals surface area contributed by atoms with E-state index in [9.17, 15) is 23.1 Å². The number of halogens is 4. The van der Waals surface area contributed by atoms with Crippen molar-refractivity contribution < 1.29 is 23.1 Å². The number of anilines is 1. The maximum absolute atomic E-state index is 13.1. The smallest absolute Gasteiger partial charge is 0.406 e. The Kier molecular flexibility index (Phi) is 6.11. The average Bonchev–Trinajstić information content (AvgIpc) is 2.92. The number of nitrogens with zero attached hydrogens (tertiary/aromatic N) is 3. The van der Waals surface area contributed by atoms with Gasteiger partial charge in [0.15, 0.2) is 0 Å². The van der Waals surface area contributed by atoms with E-state index in [4.69, 9.17) is 0 Å². The Bertz CT molecular complexity index is 1020. The Hall–Kier alpha value is -2.62. The third kappa shape index (κ3) is 4.69. The van der Waals surface area contributed by atoms with Gasteiger partial charge >= 0.3 is 12.1 Å². The second kappa shape index (κ2) is 8.40. The van der Waals surface area contributed by atoms with Gasteiger partial charge in [0.2, 0.25) is 0 Å². The normalized spacial score (nSPS) is 12.9. The number of hydrogen-bond acceptors (Lipinski definition) is 4. The molecule has 0 aliphatic heterocycles. The molecule has 0 fully saturated rings. The van der Waals surface area contributed by atoms with Crippen LogP contribution in [0.4, 0.5) is 19.0 Å². The highest BCUT2D eigenvalue weighted by atomic mass is 79.9. The highest BCUT2D eigenvalue weighted by molar-refractivity contribution is 9.10. The molecule has 1 aromatic carbocycles. The molecular formula is C19H18BrF3N4O2. The van der Waals surface area contributed by atoms with Gasteiger partial charge in [-0.1, -0.05) is 37.3 Å². The van der Waals surface area contributed by atoms with Crippen LogP contribution in [0.1, 0.15) is 18.2 Å². The van der Waals surface area contributed by atoms with Crippen molar-refractivity contribution in [2.45, 2.75) is 38.5 Å². The Morgan fingerprint density at radius 2 is 1.97 bits per heavy atom. The SMILES string of the molecule is CCc1c(Br)c2c(N[C@H](Cc3ccccc3)C(=O)O)ncnc2n1CC(F)(F)F. The first kappa shape index (κ1) is 21.1. The molecule has 2 aromatic heterocycles. The molecule has 0 saturated carbocycles. The summed E-state index contributed by atoms with van der Waals surface area (Å²) in [5, 5.41) is 12.8. The standard InChI is InChI=1S/C19H18BrF3N4O2/c1-2-13-15(20)14-16(24-10-25-17(14)27(13)9-19(21,22)23)26-12(18(28)29)8-11-6-4-3-5-7-11/h3-7,10,12H,2,8-9H2,1H3,(H,28,29)(H,24,25,26)/t12-/m1/s1. The summed E-state index contributed by atoms with van der Waals surface area (Å²) in [6.07, 6.45) is -2.78. The van der Waals surface area contributed by atoms with Crippen LogP contribution in [0.5, 0.6) is 0 Å². The van der Waals surface area contributed by atoms with Crippen LogP contribution in [-0.2, 0) is 24.2 Å². The number of carbonyl (C=O) groups is 1. The Labute approximate surface area is 172 Å². The molecule has 2 N–H and O–H groups in total. The van der Waals surface area contributed by atoms with Gasteiger partial charge in [-0.25, -0.2) is 14.8 Å². The Morgan fingerprint density at radius 1 is 1.28 bits per heavy atom. The highest BCUT2D eigenvalue weighted by Gasteiger charge is 2.32. The summed E-state index contributed by atoms with van der Waals surface area (Å²) in [5.74, 6) is -0.928. The van der Waals surface area contributed by atoms with Crippen LogP contribution in [-0.4, -0.2) is 37.8 Å². The number of benzene rings is 1. The van der Waals surface area contributed by atoms with E-state index in [-0.39, 0.29) is 17.9 Å². The fourth-order valence-electron chi connectivity index (χ4n) is 3.19. The van der Waals surface area contributed by atoms with Crippen LogP contribution in [0, 0.1) is 0 Å². The monoisotopic (exact) mass is 470 g/mol. The number of aromatic nitrogens is 3. The van der Waals surface area contributed by atoms with Gasteiger partial charge in [0.25, 0.3) is 0 Å². The third-order valence-corrected chi connectivity index (χ3v) is 5.30. The third-order valence-electron chi connectivity index (χ3n) is 4.45. The predicted molar refractivity (Wildman–Crippen MR) is 106 cm³/mol. The van der Waals surface area contributed by atoms with Gasteiger partial charge in [-0.2, -0.15) is 13.2 Å². The van der Waals surface area contributed by atoms with Crippen LogP contribution in [0.3, 0.4) is 0 Å². The molecule has 0 unspecified atom stereocenters. The second-order valence-electron chi connectivity index (χ2n) is 6.46. The van der Waals surface area contributed by atoms with E-state index < -0.39 is 24.7 Å². The molecule has 3 aromatic rings. The maximum Gasteiger partial charge on any atom is 0.406 e. The largest absolute Gasteiger partial charge is 0.480 e. The van der Waals surface area contributed by atoms with E-state index in [1.165, 1.54) is 0 Å². The zero-order valence-corrected chi connectivity index (χ0v) is 17.0. The van der Waals surface area contributed by atoms with Crippen LogP contribution < -0.4 is 5.32 Å². The summed E-state index contributed by atoms with van der Waals surface area (Å²) >= 11 is 3.36. The number of aliphatic carboxylic acids is 1. The maximum atomic E-state index is 13.1. The number of carboxylic acid groups (broad SMARTS) is 1. The van der Waals surface area contributed by atoms with Crippen molar-refractivity contribution in [1.82, 2.24) is 14.5 Å². The number of carboxylic acids is 1. The molecule has 0 radical (unpaired) electrons. The first-order chi connectivity index (χ1) is 13.7. The van der Waals surface area contributed by atoms with Crippen molar-refractivity contribution in [3.05, 3.63) is 52.4 Å². The summed E-state index contributed by atoms with van der Waals surface area (Å²) < 4.78 is 40.7. The van der Waals surface area contributed by atoms with E-state index in [0.717, 1.165) is 16.5 Å². The number of fused-ring (bicyclic) bond motifs is 1. The molecule has 0 aliphatic rings. The van der Waals surface area contributed by atoms with Gasteiger partial charge in [0.1, 0.15) is 30.4 Å². The van der Waals surface area contributed by atoms with Crippen LogP contribution >= 0.6 is 15.9 Å². The van der Waals surface area contributed by atoms with Crippen molar-refractivity contribution in [2.24, 2.45) is 0 Å². The summed E-state index contributed by atoms with van der Waals surface area (Å²) in [6, 6.07) is 8.03. The van der Waals surface area contributed by atoms with Gasteiger partial charge in [-0.05, 0) is 27.9 Å². The summed E-state index contributed by atoms with van der Waals surface area (Å²) in [7, 11) is 0. The molecule has 0 saturated heterocycles. The van der Waals surface area contributed by atoms with Crippen molar-refractivity contribution in [2.75, 3.05) is 5.32 Å². The van der Waals surface area contributed by atoms with Crippen LogP contribution in [0.15, 0.2) is 41.1 Å². The lowest BCUT2D eigenvalue weighted by Gasteiger charge is -2.16. The van der Waals surface area contributed by atoms with Crippen LogP contribution in [0.25, 0.3) is 11.0 Å². The summed E-state index contributed by atoms with van der Waals surface area (Å²) in [5.41, 5.74) is 1.31. The molecule has 10 heteroatoms. The van der Waals surface area contributed by atoms with E-state index in [1.54, 1.807) is 31.2 Å². The predicted octanol–water partition coefficient (Wildman–Crippen LogP) is 4.43. The molecule has 0 bridgehead atoms. The zero-order chi connectivity index (χ0) is 21.2. The topological polar surface area (TPSA) is 80.0 Å². The highest BCUT2D eigenvalue weighted by Crippen LogP contribution is 2.36. The summed E-state index contributed by atoms with van der Waals surface area (Å²) in [6.45, 7) is 0.545. The van der Waals surface area contributed by atoms with Gasteiger partial charge in [-0.15, -0.1) is 0 Å². The first-order valence-electron chi connectivity index (χ1n) is 8.82. The van der Waals surface area contributed by atoms with Crippen molar-refractivity contribution in [1.29, 1.82) is 0 Å². The number of alkyl halides is 3. The number of rotatable bonds is 7. The molecule has 6 nitrogen and oxygen atoms in total. The lowest BCUT2D eigenvalue weighted by molar-refractivity contribution is -0.140. The minimum absolute atomic E-state index is 0.0902. The average molecular weight is 471 g/mol. The van der Waals surface area contributed by atoms with Crippen molar-refractivity contribution in [3.8, 4) is 0 Å². The molecule has 2 heterocycles. The fourth-order valence-corrected chi connectivity index (χ4v) is 4.05. The van der Waals surface area contributed by atoms with Crippen LogP contribution in [0.2, 0.25) is 0 Å². The molecule has 1 atom stereocenters. The van der Waals surface area contributed by atoms with Gasteiger partial charge in [-0.3, -0.25) is 0 Å². The molecule has 0 amide bonds. The number of nitrogens with one attached hydrogen (secondary N) is 1. The lowest BCUT2D eigenvalue weighted by atomic mass is 10.1. The lowest BCUT2D eigenvalue weighted by Crippen LogP contribution is -2.32. The van der Waals surface area contributed by atoms with E-state index in [0.29, 0.717) is 22.0 Å². The van der Waals surface area contributed by atoms with E-state index in [2.05, 4.69) is 31.2 Å². The van der Waals surface area contributed by atoms with Gasteiger partial charge in [0.05, 0.1) is 9.86 Å². The quantitative estimate of drug-likeness (QED) is 0.533.